The summed E-state index contributed by atoms with van der Waals surface area (Å²) < 4.78 is 5.99. The highest BCUT2D eigenvalue weighted by Gasteiger charge is 2.10. The minimum Gasteiger partial charge on any atom is -0.489 e. The Kier molecular flexibility index (Phi) is 10.3. The van der Waals surface area contributed by atoms with E-state index in [1.807, 2.05) is 0 Å². The van der Waals surface area contributed by atoms with Gasteiger partial charge in [-0.3, -0.25) is 4.90 Å². The predicted octanol–water partition coefficient (Wildman–Crippen LogP) is 5.19. The van der Waals surface area contributed by atoms with Crippen molar-refractivity contribution in [1.29, 1.82) is 0 Å². The third kappa shape index (κ3) is 9.63. The van der Waals surface area contributed by atoms with Gasteiger partial charge in [0.1, 0.15) is 12.4 Å². The van der Waals surface area contributed by atoms with E-state index in [-0.39, 0.29) is 0 Å². The zero-order valence-corrected chi connectivity index (χ0v) is 19.9. The summed E-state index contributed by atoms with van der Waals surface area (Å²) in [5.41, 5.74) is 5.36. The van der Waals surface area contributed by atoms with Crippen LogP contribution in [-0.4, -0.2) is 40.1 Å². The van der Waals surface area contributed by atoms with Crippen molar-refractivity contribution < 1.29 is 24.5 Å². The molecule has 1 fully saturated rings. The van der Waals surface area contributed by atoms with E-state index in [9.17, 15) is 0 Å². The summed E-state index contributed by atoms with van der Waals surface area (Å²) in [6.45, 7) is 4.18. The number of piperidine rings is 1. The second-order valence-electron chi connectivity index (χ2n) is 8.68. The molecule has 0 aliphatic carbocycles. The molecular formula is C29H33NO5. The van der Waals surface area contributed by atoms with Crippen LogP contribution in [0.4, 0.5) is 0 Å². The van der Waals surface area contributed by atoms with E-state index in [1.54, 1.807) is 0 Å². The second kappa shape index (κ2) is 13.9. The van der Waals surface area contributed by atoms with Crippen molar-refractivity contribution in [2.75, 3.05) is 13.1 Å². The van der Waals surface area contributed by atoms with Crippen LogP contribution in [0, 0.1) is 0 Å². The number of nitrogens with zero attached hydrogens (tertiary/aromatic N) is 1. The van der Waals surface area contributed by atoms with Gasteiger partial charge in [-0.15, -0.1) is 0 Å². The molecule has 3 aromatic rings. The van der Waals surface area contributed by atoms with Crippen LogP contribution in [0.5, 0.6) is 5.75 Å². The number of ether oxygens (including phenoxy) is 1. The van der Waals surface area contributed by atoms with Crippen LogP contribution in [0.3, 0.4) is 0 Å². The number of carboxylic acid groups (broad SMARTS) is 2. The maximum atomic E-state index is 9.10. The Morgan fingerprint density at radius 3 is 1.74 bits per heavy atom. The lowest BCUT2D eigenvalue weighted by Gasteiger charge is -2.26. The van der Waals surface area contributed by atoms with Gasteiger partial charge >= 0.3 is 11.9 Å². The fraction of sp³-hybridized carbons (Fsp3) is 0.310. The van der Waals surface area contributed by atoms with Crippen molar-refractivity contribution in [2.24, 2.45) is 0 Å². The number of benzene rings is 3. The van der Waals surface area contributed by atoms with Gasteiger partial charge < -0.3 is 14.9 Å². The summed E-state index contributed by atoms with van der Waals surface area (Å²) in [6.07, 6.45) is 6.21. The molecule has 0 atom stereocenters. The number of aryl methyl sites for hydroxylation is 2. The predicted molar refractivity (Wildman–Crippen MR) is 135 cm³/mol. The Bertz CT molecular complexity index is 1030. The molecule has 2 N–H and O–H groups in total. The summed E-state index contributed by atoms with van der Waals surface area (Å²) in [4.78, 5) is 20.8. The van der Waals surface area contributed by atoms with Crippen molar-refractivity contribution in [3.05, 3.63) is 101 Å². The fourth-order valence-electron chi connectivity index (χ4n) is 3.97. The number of hydrogen-bond acceptors (Lipinski definition) is 4. The first-order valence-corrected chi connectivity index (χ1v) is 12.0. The summed E-state index contributed by atoms with van der Waals surface area (Å²) >= 11 is 0. The van der Waals surface area contributed by atoms with E-state index < -0.39 is 11.9 Å². The Labute approximate surface area is 206 Å². The number of aliphatic carboxylic acids is 2. The molecule has 1 aliphatic heterocycles. The molecule has 184 valence electrons. The van der Waals surface area contributed by atoms with Crippen LogP contribution in [-0.2, 0) is 35.6 Å². The zero-order chi connectivity index (χ0) is 24.9. The normalized spacial score (nSPS) is 13.4. The van der Waals surface area contributed by atoms with Crippen molar-refractivity contribution in [2.45, 2.75) is 45.3 Å². The van der Waals surface area contributed by atoms with Gasteiger partial charge in [-0.1, -0.05) is 73.2 Å². The van der Waals surface area contributed by atoms with E-state index in [2.05, 4.69) is 83.8 Å². The van der Waals surface area contributed by atoms with Gasteiger partial charge in [-0.05, 0) is 73.2 Å². The number of carboxylic acids is 2. The lowest BCUT2D eigenvalue weighted by molar-refractivity contribution is -0.159. The van der Waals surface area contributed by atoms with Crippen LogP contribution in [0.1, 0.15) is 41.5 Å². The van der Waals surface area contributed by atoms with Gasteiger partial charge in [0.15, 0.2) is 0 Å². The van der Waals surface area contributed by atoms with Crippen molar-refractivity contribution >= 4 is 11.9 Å². The number of likely N-dealkylation sites (tertiary alicyclic amines) is 1. The molecule has 1 heterocycles. The summed E-state index contributed by atoms with van der Waals surface area (Å²) in [5.74, 6) is -2.71. The molecule has 6 nitrogen and oxygen atoms in total. The molecule has 0 unspecified atom stereocenters. The standard InChI is InChI=1S/C27H31NO.C2H2O4/c1-3-7-23(8-4-1)9-10-24-15-17-27(18-16-24)29-22-26-13-11-25(12-14-26)21-28-19-5-2-6-20-28;3-1(4)2(5)6/h1,3-4,7-8,11-18H,2,5-6,9-10,19-22H2;(H,3,4)(H,5,6). The van der Waals surface area contributed by atoms with Gasteiger partial charge in [0.2, 0.25) is 0 Å². The molecule has 0 bridgehead atoms. The van der Waals surface area contributed by atoms with E-state index in [0.29, 0.717) is 6.61 Å². The molecular weight excluding hydrogens is 442 g/mol. The SMILES string of the molecule is O=C(O)C(=O)O.c1ccc(CCc2ccc(OCc3ccc(CN4CCCCC4)cc3)cc2)cc1. The second-order valence-corrected chi connectivity index (χ2v) is 8.68. The average molecular weight is 476 g/mol. The van der Waals surface area contributed by atoms with Crippen LogP contribution in [0.25, 0.3) is 0 Å². The maximum absolute atomic E-state index is 9.10. The van der Waals surface area contributed by atoms with E-state index in [4.69, 9.17) is 24.5 Å². The quantitative estimate of drug-likeness (QED) is 0.436. The molecule has 0 amide bonds. The molecule has 4 rings (SSSR count). The van der Waals surface area contributed by atoms with Crippen molar-refractivity contribution in [3.63, 3.8) is 0 Å². The van der Waals surface area contributed by atoms with Crippen molar-refractivity contribution in [3.8, 4) is 5.75 Å². The summed E-state index contributed by atoms with van der Waals surface area (Å²) in [7, 11) is 0. The van der Waals surface area contributed by atoms with Gasteiger partial charge in [-0.2, -0.15) is 0 Å². The third-order valence-corrected chi connectivity index (χ3v) is 5.93. The number of hydrogen-bond donors (Lipinski definition) is 2. The largest absolute Gasteiger partial charge is 0.489 e. The molecule has 3 aromatic carbocycles. The molecule has 0 saturated carbocycles. The highest BCUT2D eigenvalue weighted by molar-refractivity contribution is 6.27. The first-order chi connectivity index (χ1) is 17.0. The fourth-order valence-corrected chi connectivity index (χ4v) is 3.97. The average Bonchev–Trinajstić information content (AvgIpc) is 2.89. The summed E-state index contributed by atoms with van der Waals surface area (Å²) in [6, 6.07) is 28.1. The topological polar surface area (TPSA) is 87.1 Å². The molecule has 6 heteroatoms. The molecule has 0 aromatic heterocycles. The van der Waals surface area contributed by atoms with Crippen LogP contribution in [0.2, 0.25) is 0 Å². The maximum Gasteiger partial charge on any atom is 0.414 e. The number of carbonyl (C=O) groups is 2. The third-order valence-electron chi connectivity index (χ3n) is 5.93. The van der Waals surface area contributed by atoms with Crippen LogP contribution < -0.4 is 4.74 Å². The Morgan fingerprint density at radius 2 is 1.17 bits per heavy atom. The molecule has 0 radical (unpaired) electrons. The Hall–Kier alpha value is -3.64. The molecule has 0 spiro atoms. The molecule has 35 heavy (non-hydrogen) atoms. The molecule has 1 saturated heterocycles. The Morgan fingerprint density at radius 1 is 0.657 bits per heavy atom. The van der Waals surface area contributed by atoms with Gasteiger partial charge in [0, 0.05) is 6.54 Å². The lowest BCUT2D eigenvalue weighted by Crippen LogP contribution is -2.29. The van der Waals surface area contributed by atoms with E-state index >= 15 is 0 Å². The van der Waals surface area contributed by atoms with Gasteiger partial charge in [-0.25, -0.2) is 9.59 Å². The zero-order valence-electron chi connectivity index (χ0n) is 19.9. The van der Waals surface area contributed by atoms with Crippen LogP contribution >= 0.6 is 0 Å². The monoisotopic (exact) mass is 475 g/mol. The highest BCUT2D eigenvalue weighted by atomic mass is 16.5. The minimum atomic E-state index is -1.82. The number of rotatable bonds is 8. The van der Waals surface area contributed by atoms with Crippen molar-refractivity contribution in [1.82, 2.24) is 4.90 Å². The molecule has 1 aliphatic rings. The van der Waals surface area contributed by atoms with Gasteiger partial charge in [0.05, 0.1) is 0 Å². The van der Waals surface area contributed by atoms with Gasteiger partial charge in [0.25, 0.3) is 0 Å². The highest BCUT2D eigenvalue weighted by Crippen LogP contribution is 2.17. The van der Waals surface area contributed by atoms with E-state index in [0.717, 1.165) is 25.1 Å². The Balaban J connectivity index is 0.000000509. The van der Waals surface area contributed by atoms with Crippen LogP contribution in [0.15, 0.2) is 78.9 Å². The summed E-state index contributed by atoms with van der Waals surface area (Å²) in [5, 5.41) is 14.8. The smallest absolute Gasteiger partial charge is 0.414 e. The lowest BCUT2D eigenvalue weighted by atomic mass is 10.0. The first kappa shape index (κ1) is 26.0. The first-order valence-electron chi connectivity index (χ1n) is 12.0. The van der Waals surface area contributed by atoms with E-state index in [1.165, 1.54) is 54.6 Å². The minimum absolute atomic E-state index is 0.618.